The molecule has 1 aromatic carbocycles. The number of carbonyl (C=O) groups excluding carboxylic acids is 10. The van der Waals surface area contributed by atoms with Crippen LogP contribution in [0.5, 0.6) is 0 Å². The number of aliphatic hydroxyl groups excluding tert-OH is 1. The first-order valence-electron chi connectivity index (χ1n) is 27.1. The van der Waals surface area contributed by atoms with Crippen LogP contribution in [0.3, 0.4) is 0 Å². The number of rotatable bonds is 40. The molecule has 0 aliphatic carbocycles. The highest BCUT2D eigenvalue weighted by Crippen LogP contribution is 2.20. The number of H-pyrrole nitrogens is 2. The van der Waals surface area contributed by atoms with Crippen LogP contribution in [0.1, 0.15) is 63.6 Å². The number of nitrogens with one attached hydrogen (secondary N) is 11. The van der Waals surface area contributed by atoms with Crippen molar-refractivity contribution in [2.24, 2.45) is 28.7 Å². The fourth-order valence-corrected chi connectivity index (χ4v) is 8.51. The minimum atomic E-state index is -1.93. The second-order valence-corrected chi connectivity index (χ2v) is 19.8. The molecule has 0 fully saturated rings. The van der Waals surface area contributed by atoms with Gasteiger partial charge in [0.25, 0.3) is 11.8 Å². The van der Waals surface area contributed by atoms with Crippen molar-refractivity contribution < 1.29 is 72.4 Å². The molecule has 0 bridgehead atoms. The van der Waals surface area contributed by atoms with Crippen LogP contribution in [-0.4, -0.2) is 214 Å². The number of aromatic nitrogens is 3. The predicted molar refractivity (Wildman–Crippen MR) is 308 cm³/mol. The van der Waals surface area contributed by atoms with E-state index >= 15 is 0 Å². The number of aromatic amines is 2. The van der Waals surface area contributed by atoms with Crippen molar-refractivity contribution in [2.45, 2.75) is 120 Å². The molecule has 0 saturated carbocycles. The number of fused-ring (bicyclic) bond motifs is 1. The Bertz CT molecular complexity index is 2730. The molecule has 0 spiro atoms. The van der Waals surface area contributed by atoms with E-state index in [1.807, 2.05) is 0 Å². The molecule has 2 aromatic heterocycles. The Morgan fingerprint density at radius 1 is 0.741 bits per heavy atom. The number of carboxylic acid groups (broad SMARTS) is 1. The van der Waals surface area contributed by atoms with Crippen molar-refractivity contribution in [1.29, 1.82) is 5.41 Å². The normalized spacial score (nSPS) is 14.3. The molecule has 0 aliphatic heterocycles. The van der Waals surface area contributed by atoms with Gasteiger partial charge in [0.05, 0.1) is 57.0 Å². The van der Waals surface area contributed by atoms with Gasteiger partial charge in [-0.3, -0.25) is 63.0 Å². The zero-order valence-corrected chi connectivity index (χ0v) is 48.1. The molecule has 3 rings (SSSR count). The van der Waals surface area contributed by atoms with Crippen LogP contribution in [0.25, 0.3) is 10.9 Å². The summed E-state index contributed by atoms with van der Waals surface area (Å²) in [4.78, 5) is 158. The van der Waals surface area contributed by atoms with Gasteiger partial charge in [-0.1, -0.05) is 18.2 Å². The average Bonchev–Trinajstić information content (AvgIpc) is 3.85. The molecule has 470 valence electrons. The van der Waals surface area contributed by atoms with Crippen molar-refractivity contribution in [2.75, 3.05) is 58.4 Å². The van der Waals surface area contributed by atoms with E-state index in [4.69, 9.17) is 48.7 Å². The number of carbonyl (C=O) groups is 11. The number of imidazole rings is 1. The highest BCUT2D eigenvalue weighted by atomic mass is 32.1. The van der Waals surface area contributed by atoms with Crippen LogP contribution in [0.2, 0.25) is 0 Å². The molecule has 3 aromatic rings. The molecular weight excluding hydrogens is 1140 g/mol. The minimum absolute atomic E-state index is 0.0237. The summed E-state index contributed by atoms with van der Waals surface area (Å²) in [5.74, 6) is -12.3. The number of nitrogens with zero attached hydrogens (tertiary/aromatic N) is 2. The lowest BCUT2D eigenvalue weighted by atomic mass is 10.0. The second kappa shape index (κ2) is 37.1. The fourth-order valence-electron chi connectivity index (χ4n) is 8.25. The van der Waals surface area contributed by atoms with Crippen molar-refractivity contribution in [3.8, 4) is 0 Å². The van der Waals surface area contributed by atoms with Gasteiger partial charge in [0.15, 0.2) is 5.96 Å². The standard InChI is InChI=1S/C51H80N18O15S/c1-27(63-39(71)23-61-46(78)35(66-45(77)32(54)20-41(73)74)18-29-21-60-33-9-4-3-8-31(29)33)44(76)65-36(19-30-22-58-26-62-30)48(80)64-34(10-7-14-59-51(56)57)47(79)67-37(25-85)49(81)68-42(28(2)70)50(82)69(38(43(55)75)11-5-6-12-52)40(72)24-84-17-16-83-15-13-53/h3-4,8-9,21-22,26-28,32,34-38,42,60,70,85H,5-7,10-20,23-25,52-54H2,1-2H3,(H2,55,75)(H,58,62)(H,61,78)(H,63,71)(H,64,80)(H,65,76)(H,66,77)(H,67,79)(H,68,81)(H,73,74)(H4,56,57,59)/t27-,28+,32-,34-,35-,36-,37-,38-,42-/m0/s1. The number of aliphatic hydroxyl groups is 1. The Labute approximate surface area is 494 Å². The molecule has 9 atom stereocenters. The maximum atomic E-state index is 14.3. The lowest BCUT2D eigenvalue weighted by Crippen LogP contribution is -2.63. The fraction of sp³-hybridized carbons (Fsp3) is 0.549. The van der Waals surface area contributed by atoms with Gasteiger partial charge in [-0.25, -0.2) is 4.98 Å². The van der Waals surface area contributed by atoms with Gasteiger partial charge in [0, 0.05) is 55.0 Å². The molecule has 2 heterocycles. The van der Waals surface area contributed by atoms with E-state index < -0.39 is 151 Å². The first kappa shape index (κ1) is 71.0. The lowest BCUT2D eigenvalue weighted by Gasteiger charge is -2.33. The summed E-state index contributed by atoms with van der Waals surface area (Å²) in [6.07, 6.45) is 1.86. The number of benzene rings is 1. The summed E-state index contributed by atoms with van der Waals surface area (Å²) >= 11 is 4.23. The Kier molecular flexibility index (Phi) is 31.0. The number of amides is 10. The van der Waals surface area contributed by atoms with Gasteiger partial charge in [-0.2, -0.15) is 12.6 Å². The number of hydrogen-bond donors (Lipinski definition) is 19. The maximum Gasteiger partial charge on any atom is 0.305 e. The highest BCUT2D eigenvalue weighted by Gasteiger charge is 2.41. The van der Waals surface area contributed by atoms with E-state index in [1.54, 1.807) is 30.5 Å². The van der Waals surface area contributed by atoms with Crippen molar-refractivity contribution in [3.05, 3.63) is 54.2 Å². The quantitative estimate of drug-likeness (QED) is 0.0109. The maximum absolute atomic E-state index is 14.3. The van der Waals surface area contributed by atoms with Crippen LogP contribution in [0.15, 0.2) is 43.0 Å². The van der Waals surface area contributed by atoms with Gasteiger partial charge < -0.3 is 101 Å². The minimum Gasteiger partial charge on any atom is -0.481 e. The third-order valence-corrected chi connectivity index (χ3v) is 13.0. The molecule has 0 saturated heterocycles. The highest BCUT2D eigenvalue weighted by molar-refractivity contribution is 7.80. The molecule has 0 unspecified atom stereocenters. The van der Waals surface area contributed by atoms with Crippen LogP contribution in [0.4, 0.5) is 0 Å². The van der Waals surface area contributed by atoms with Crippen LogP contribution < -0.4 is 71.2 Å². The lowest BCUT2D eigenvalue weighted by molar-refractivity contribution is -0.158. The van der Waals surface area contributed by atoms with Crippen LogP contribution in [0, 0.1) is 5.41 Å². The first-order valence-corrected chi connectivity index (χ1v) is 27.7. The smallest absolute Gasteiger partial charge is 0.305 e. The topological polar surface area (TPSA) is 545 Å². The number of imide groups is 1. The molecule has 0 radical (unpaired) electrons. The summed E-state index contributed by atoms with van der Waals surface area (Å²) in [5.41, 5.74) is 29.5. The van der Waals surface area contributed by atoms with Crippen molar-refractivity contribution in [1.82, 2.24) is 62.4 Å². The van der Waals surface area contributed by atoms with E-state index in [9.17, 15) is 57.8 Å². The van der Waals surface area contributed by atoms with E-state index in [1.165, 1.54) is 19.4 Å². The molecule has 10 amide bonds. The number of unbranched alkanes of at least 4 members (excludes halogenated alkanes) is 1. The molecule has 0 aliphatic rings. The number of para-hydroxylation sites is 1. The number of primary amides is 1. The Hall–Kier alpha value is -8.28. The summed E-state index contributed by atoms with van der Waals surface area (Å²) in [7, 11) is 0. The van der Waals surface area contributed by atoms with Gasteiger partial charge in [0.1, 0.15) is 48.9 Å². The Morgan fingerprint density at radius 2 is 1.39 bits per heavy atom. The first-order chi connectivity index (χ1) is 40.4. The molecule has 33 nitrogen and oxygen atoms in total. The van der Waals surface area contributed by atoms with Crippen molar-refractivity contribution >= 4 is 94.5 Å². The molecule has 34 heteroatoms. The number of aliphatic carboxylic acids is 1. The van der Waals surface area contributed by atoms with Gasteiger partial charge in [-0.15, -0.1) is 0 Å². The average molecular weight is 1220 g/mol. The number of nitrogens with two attached hydrogens (primary N) is 5. The van der Waals surface area contributed by atoms with E-state index in [-0.39, 0.29) is 83.7 Å². The number of thiol groups is 1. The third kappa shape index (κ3) is 24.5. The SMILES string of the molecule is C[C@H](NC(=O)CNC(=O)[C@H](Cc1c[nH]c2ccccc12)NC(=O)[C@@H](N)CC(=O)O)C(=O)N[C@@H](Cc1c[nH]cn1)C(=O)N[C@@H](CCCNC(=N)N)C(=O)N[C@@H](CS)C(=O)N[C@H](C(=O)N(C(=O)COCCOCCN)[C@@H](CCCCN)C(N)=O)[C@@H](C)O. The van der Waals surface area contributed by atoms with E-state index in [0.29, 0.717) is 16.9 Å². The summed E-state index contributed by atoms with van der Waals surface area (Å²) in [6.45, 7) is 1.50. The van der Waals surface area contributed by atoms with Gasteiger partial charge in [0.2, 0.25) is 47.3 Å². The summed E-state index contributed by atoms with van der Waals surface area (Å²) in [6, 6.07) is -5.28. The van der Waals surface area contributed by atoms with Crippen molar-refractivity contribution in [3.63, 3.8) is 0 Å². The summed E-state index contributed by atoms with van der Waals surface area (Å²) < 4.78 is 10.6. The van der Waals surface area contributed by atoms with Gasteiger partial charge in [-0.05, 0) is 64.1 Å². The van der Waals surface area contributed by atoms with E-state index in [0.717, 1.165) is 17.8 Å². The largest absolute Gasteiger partial charge is 0.481 e. The Morgan fingerprint density at radius 3 is 2.02 bits per heavy atom. The molecule has 23 N–H and O–H groups in total. The number of ether oxygens (including phenoxy) is 2. The summed E-state index contributed by atoms with van der Waals surface area (Å²) in [5, 5.41) is 48.0. The van der Waals surface area contributed by atoms with Crippen LogP contribution >= 0.6 is 12.6 Å². The van der Waals surface area contributed by atoms with E-state index in [2.05, 4.69) is 70.1 Å². The number of hydrogen-bond acceptors (Lipinski definition) is 20. The predicted octanol–water partition coefficient (Wildman–Crippen LogP) is -6.57. The number of carboxylic acids is 1. The van der Waals surface area contributed by atoms with Crippen LogP contribution in [-0.2, 0) is 75.1 Å². The van der Waals surface area contributed by atoms with Gasteiger partial charge >= 0.3 is 5.97 Å². The molecular formula is C51H80N18O15S. The third-order valence-electron chi connectivity index (χ3n) is 12.7. The Balaban J connectivity index is 1.81. The molecule has 85 heavy (non-hydrogen) atoms. The second-order valence-electron chi connectivity index (χ2n) is 19.4. The zero-order chi connectivity index (χ0) is 63.2. The zero-order valence-electron chi connectivity index (χ0n) is 47.2. The number of guanidine groups is 1. The monoisotopic (exact) mass is 1220 g/mol.